The van der Waals surface area contributed by atoms with E-state index in [4.69, 9.17) is 4.74 Å². The van der Waals surface area contributed by atoms with Gasteiger partial charge in [0.05, 0.1) is 0 Å². The molecule has 28 heavy (non-hydrogen) atoms. The summed E-state index contributed by atoms with van der Waals surface area (Å²) in [7, 11) is 0. The molecule has 0 aliphatic heterocycles. The van der Waals surface area contributed by atoms with Crippen LogP contribution in [0.15, 0.2) is 72.8 Å². The van der Waals surface area contributed by atoms with Crippen LogP contribution in [0, 0.1) is 0 Å². The van der Waals surface area contributed by atoms with Gasteiger partial charge in [-0.1, -0.05) is 24.3 Å². The number of carbonyl (C=O) groups excluding carboxylic acids is 2. The number of hydrogen-bond donors (Lipinski definition) is 1. The Morgan fingerprint density at radius 1 is 0.857 bits per heavy atom. The molecule has 0 spiro atoms. The van der Waals surface area contributed by atoms with E-state index >= 15 is 0 Å². The van der Waals surface area contributed by atoms with Gasteiger partial charge in [0.2, 0.25) is 0 Å². The van der Waals surface area contributed by atoms with E-state index in [1.54, 1.807) is 36.4 Å². The topological polar surface area (TPSA) is 63.6 Å². The predicted octanol–water partition coefficient (Wildman–Crippen LogP) is 4.99. The van der Waals surface area contributed by atoms with Crippen molar-refractivity contribution in [3.8, 4) is 11.5 Å². The van der Waals surface area contributed by atoms with Crippen LogP contribution in [-0.2, 0) is 13.0 Å². The molecule has 0 bridgehead atoms. The lowest BCUT2D eigenvalue weighted by Gasteiger charge is -2.09. The Balaban J connectivity index is 1.55. The van der Waals surface area contributed by atoms with Crippen molar-refractivity contribution in [2.45, 2.75) is 26.4 Å². The molecule has 0 atom stereocenters. The molecule has 0 radical (unpaired) electrons. The Morgan fingerprint density at radius 2 is 1.50 bits per heavy atom. The first-order valence-corrected chi connectivity index (χ1v) is 9.15. The van der Waals surface area contributed by atoms with Crippen LogP contribution in [0.25, 0.3) is 0 Å². The number of hydrogen-bond acceptors (Lipinski definition) is 4. The highest BCUT2D eigenvalue weighted by molar-refractivity contribution is 5.96. The molecule has 0 aliphatic carbocycles. The van der Waals surface area contributed by atoms with Crippen LogP contribution in [0.5, 0.6) is 11.5 Å². The second-order valence-electron chi connectivity index (χ2n) is 6.66. The maximum atomic E-state index is 12.3. The van der Waals surface area contributed by atoms with Crippen molar-refractivity contribution in [2.24, 2.45) is 0 Å². The molecular weight excluding hydrogens is 352 g/mol. The molecular formula is C24H22O4. The van der Waals surface area contributed by atoms with Crippen molar-refractivity contribution < 1.29 is 19.4 Å². The maximum Gasteiger partial charge on any atom is 0.163 e. The Morgan fingerprint density at radius 3 is 2.18 bits per heavy atom. The summed E-state index contributed by atoms with van der Waals surface area (Å²) in [6.07, 6.45) is 1.04. The van der Waals surface area contributed by atoms with E-state index in [1.165, 1.54) is 19.1 Å². The van der Waals surface area contributed by atoms with Crippen LogP contribution in [0.4, 0.5) is 0 Å². The van der Waals surface area contributed by atoms with Crippen molar-refractivity contribution >= 4 is 11.6 Å². The fourth-order valence-corrected chi connectivity index (χ4v) is 2.88. The van der Waals surface area contributed by atoms with Gasteiger partial charge in [-0.05, 0) is 73.0 Å². The number of ether oxygens (including phenoxy) is 1. The van der Waals surface area contributed by atoms with Gasteiger partial charge in [-0.3, -0.25) is 9.59 Å². The summed E-state index contributed by atoms with van der Waals surface area (Å²) in [4.78, 5) is 23.6. The summed E-state index contributed by atoms with van der Waals surface area (Å²) in [5, 5.41) is 9.31. The smallest absolute Gasteiger partial charge is 0.163 e. The summed E-state index contributed by atoms with van der Waals surface area (Å²) in [6, 6.07) is 21.4. The van der Waals surface area contributed by atoms with E-state index in [1.807, 2.05) is 24.3 Å². The molecule has 1 N–H and O–H groups in total. The van der Waals surface area contributed by atoms with Crippen molar-refractivity contribution in [1.29, 1.82) is 0 Å². The highest BCUT2D eigenvalue weighted by Crippen LogP contribution is 2.17. The predicted molar refractivity (Wildman–Crippen MR) is 108 cm³/mol. The lowest BCUT2D eigenvalue weighted by Crippen LogP contribution is -2.02. The number of aromatic hydroxyl groups is 1. The monoisotopic (exact) mass is 374 g/mol. The summed E-state index contributed by atoms with van der Waals surface area (Å²) in [5.41, 5.74) is 3.35. The first kappa shape index (κ1) is 19.4. The minimum Gasteiger partial charge on any atom is -0.508 e. The molecule has 0 fully saturated rings. The summed E-state index contributed by atoms with van der Waals surface area (Å²) in [6.45, 7) is 1.95. The number of aryl methyl sites for hydroxylation is 1. The molecule has 0 heterocycles. The fraction of sp³-hybridized carbons (Fsp3) is 0.167. The first-order valence-electron chi connectivity index (χ1n) is 9.15. The number of ketones is 2. The van der Waals surface area contributed by atoms with Crippen molar-refractivity contribution in [3.05, 3.63) is 95.1 Å². The van der Waals surface area contributed by atoms with Gasteiger partial charge in [0.1, 0.15) is 18.1 Å². The van der Waals surface area contributed by atoms with E-state index in [0.29, 0.717) is 36.3 Å². The van der Waals surface area contributed by atoms with Gasteiger partial charge in [-0.25, -0.2) is 0 Å². The highest BCUT2D eigenvalue weighted by Gasteiger charge is 2.07. The zero-order valence-corrected chi connectivity index (χ0v) is 15.7. The number of phenolic OH excluding ortho intramolecular Hbond substituents is 1. The zero-order chi connectivity index (χ0) is 19.9. The molecule has 0 aliphatic rings. The largest absolute Gasteiger partial charge is 0.508 e. The quantitative estimate of drug-likeness (QED) is 0.564. The second kappa shape index (κ2) is 9.00. The molecule has 3 aromatic rings. The lowest BCUT2D eigenvalue weighted by atomic mass is 10.0. The normalized spacial score (nSPS) is 10.5. The van der Waals surface area contributed by atoms with Crippen LogP contribution in [-0.4, -0.2) is 16.7 Å². The second-order valence-corrected chi connectivity index (χ2v) is 6.66. The average Bonchev–Trinajstić information content (AvgIpc) is 2.71. The van der Waals surface area contributed by atoms with Crippen molar-refractivity contribution in [1.82, 2.24) is 0 Å². The summed E-state index contributed by atoms with van der Waals surface area (Å²) >= 11 is 0. The first-order chi connectivity index (χ1) is 13.5. The Labute approximate surface area is 164 Å². The molecule has 142 valence electrons. The van der Waals surface area contributed by atoms with Crippen LogP contribution >= 0.6 is 0 Å². The summed E-state index contributed by atoms with van der Waals surface area (Å²) in [5.74, 6) is 0.936. The van der Waals surface area contributed by atoms with Crippen LogP contribution in [0.1, 0.15) is 45.2 Å². The maximum absolute atomic E-state index is 12.3. The number of benzene rings is 3. The minimum atomic E-state index is 0.0288. The third-order valence-electron chi connectivity index (χ3n) is 4.49. The van der Waals surface area contributed by atoms with Gasteiger partial charge in [0.15, 0.2) is 11.6 Å². The number of Topliss-reactive ketones (excluding diaryl/α,β-unsaturated/α-hetero) is 2. The standard InChI is InChI=1S/C24H22O4/c1-17(25)20-8-12-23(13-9-20)28-16-19-4-2-3-18(15-19)5-14-24(27)21-6-10-22(26)11-7-21/h2-4,6-13,15,26H,5,14,16H2,1H3. The zero-order valence-electron chi connectivity index (χ0n) is 15.7. The fourth-order valence-electron chi connectivity index (χ4n) is 2.88. The van der Waals surface area contributed by atoms with Gasteiger partial charge in [0.25, 0.3) is 0 Å². The van der Waals surface area contributed by atoms with Crippen LogP contribution in [0.3, 0.4) is 0 Å². The summed E-state index contributed by atoms with van der Waals surface area (Å²) < 4.78 is 5.79. The van der Waals surface area contributed by atoms with Crippen LogP contribution in [0.2, 0.25) is 0 Å². The minimum absolute atomic E-state index is 0.0288. The molecule has 3 aromatic carbocycles. The number of phenols is 1. The van der Waals surface area contributed by atoms with E-state index in [9.17, 15) is 14.7 Å². The highest BCUT2D eigenvalue weighted by atomic mass is 16.5. The number of rotatable bonds is 8. The third kappa shape index (κ3) is 5.30. The number of carbonyl (C=O) groups is 2. The van der Waals surface area contributed by atoms with Gasteiger partial charge in [-0.15, -0.1) is 0 Å². The molecule has 0 unspecified atom stereocenters. The van der Waals surface area contributed by atoms with E-state index < -0.39 is 0 Å². The molecule has 4 nitrogen and oxygen atoms in total. The molecule has 3 rings (SSSR count). The molecule has 0 saturated heterocycles. The van der Waals surface area contributed by atoms with Gasteiger partial charge < -0.3 is 9.84 Å². The van der Waals surface area contributed by atoms with Gasteiger partial charge in [0, 0.05) is 17.5 Å². The molecule has 0 aromatic heterocycles. The Kier molecular flexibility index (Phi) is 6.22. The lowest BCUT2D eigenvalue weighted by molar-refractivity contribution is 0.0981. The van der Waals surface area contributed by atoms with Gasteiger partial charge >= 0.3 is 0 Å². The third-order valence-corrected chi connectivity index (χ3v) is 4.49. The van der Waals surface area contributed by atoms with Gasteiger partial charge in [-0.2, -0.15) is 0 Å². The SMILES string of the molecule is CC(=O)c1ccc(OCc2cccc(CCC(=O)c3ccc(O)cc3)c2)cc1. The van der Waals surface area contributed by atoms with E-state index in [2.05, 4.69) is 0 Å². The molecule has 0 saturated carbocycles. The van der Waals surface area contributed by atoms with Crippen LogP contribution < -0.4 is 4.74 Å². The molecule has 0 amide bonds. The van der Waals surface area contributed by atoms with E-state index in [0.717, 1.165) is 11.1 Å². The van der Waals surface area contributed by atoms with Crippen molar-refractivity contribution in [2.75, 3.05) is 0 Å². The average molecular weight is 374 g/mol. The van der Waals surface area contributed by atoms with E-state index in [-0.39, 0.29) is 17.3 Å². The van der Waals surface area contributed by atoms with Crippen molar-refractivity contribution in [3.63, 3.8) is 0 Å². The Hall–Kier alpha value is -3.40. The Bertz CT molecular complexity index is 957. The molecule has 4 heteroatoms.